The molecule has 1 saturated heterocycles. The molecule has 0 unspecified atom stereocenters. The highest BCUT2D eigenvalue weighted by atomic mass is 35.5. The second-order valence-electron chi connectivity index (χ2n) is 5.39. The van der Waals surface area contributed by atoms with E-state index in [0.717, 1.165) is 12.2 Å². The first kappa shape index (κ1) is 14.9. The topological polar surface area (TPSA) is 3.24 Å². The van der Waals surface area contributed by atoms with Crippen molar-refractivity contribution in [2.75, 3.05) is 23.7 Å². The summed E-state index contributed by atoms with van der Waals surface area (Å²) in [6, 6.07) is 2.66. The minimum absolute atomic E-state index is 0.0900. The Morgan fingerprint density at radius 2 is 1.89 bits per heavy atom. The van der Waals surface area contributed by atoms with E-state index in [9.17, 15) is 8.78 Å². The van der Waals surface area contributed by atoms with Crippen molar-refractivity contribution < 1.29 is 8.78 Å². The Balaban J connectivity index is 2.27. The van der Waals surface area contributed by atoms with Crippen LogP contribution in [0.2, 0.25) is 0 Å². The number of thioether (sulfide) groups is 1. The molecule has 1 heterocycles. The molecule has 0 saturated carbocycles. The van der Waals surface area contributed by atoms with Gasteiger partial charge in [-0.05, 0) is 24.1 Å². The molecule has 2 rings (SSSR count). The van der Waals surface area contributed by atoms with Crippen molar-refractivity contribution >= 4 is 29.1 Å². The van der Waals surface area contributed by atoms with E-state index >= 15 is 0 Å². The van der Waals surface area contributed by atoms with E-state index in [4.69, 9.17) is 11.6 Å². The predicted molar refractivity (Wildman–Crippen MR) is 79.3 cm³/mol. The van der Waals surface area contributed by atoms with E-state index in [1.54, 1.807) is 0 Å². The highest BCUT2D eigenvalue weighted by Crippen LogP contribution is 2.34. The molecule has 19 heavy (non-hydrogen) atoms. The van der Waals surface area contributed by atoms with Gasteiger partial charge in [0.2, 0.25) is 0 Å². The second kappa shape index (κ2) is 5.88. The van der Waals surface area contributed by atoms with Gasteiger partial charge in [0.05, 0.1) is 0 Å². The van der Waals surface area contributed by atoms with Crippen LogP contribution >= 0.6 is 23.4 Å². The van der Waals surface area contributed by atoms with Crippen LogP contribution < -0.4 is 4.90 Å². The van der Waals surface area contributed by atoms with Crippen LogP contribution in [0.3, 0.4) is 0 Å². The van der Waals surface area contributed by atoms with Crippen molar-refractivity contribution in [2.24, 2.45) is 0 Å². The van der Waals surface area contributed by atoms with Crippen molar-refractivity contribution in [3.8, 4) is 0 Å². The second-order valence-corrected chi connectivity index (χ2v) is 7.46. The molecule has 5 heteroatoms. The van der Waals surface area contributed by atoms with Gasteiger partial charge in [-0.25, -0.2) is 8.78 Å². The van der Waals surface area contributed by atoms with Crippen LogP contribution in [0.25, 0.3) is 0 Å². The highest BCUT2D eigenvalue weighted by molar-refractivity contribution is 8.00. The van der Waals surface area contributed by atoms with Gasteiger partial charge in [-0.15, -0.1) is 11.6 Å². The zero-order chi connectivity index (χ0) is 14.0. The zero-order valence-corrected chi connectivity index (χ0v) is 12.8. The summed E-state index contributed by atoms with van der Waals surface area (Å²) in [4.78, 5) is 1.81. The van der Waals surface area contributed by atoms with Gasteiger partial charge >= 0.3 is 0 Å². The third-order valence-electron chi connectivity index (χ3n) is 3.38. The molecular formula is C14H18ClF2NS. The standard InChI is InChI=1S/C14H18ClF2NS/c1-14(2)3-4-18(5-6-19-14)13-11(16)7-10(9-15)8-12(13)17/h7-8H,3-6,9H2,1-2H3. The Kier molecular flexibility index (Phi) is 4.62. The molecule has 0 amide bonds. The lowest BCUT2D eigenvalue weighted by atomic mass is 10.1. The Labute approximate surface area is 122 Å². The van der Waals surface area contributed by atoms with E-state index < -0.39 is 11.6 Å². The van der Waals surface area contributed by atoms with Crippen molar-refractivity contribution in [3.05, 3.63) is 29.3 Å². The van der Waals surface area contributed by atoms with Crippen LogP contribution in [0.4, 0.5) is 14.5 Å². The number of hydrogen-bond donors (Lipinski definition) is 0. The average molecular weight is 306 g/mol. The molecular weight excluding hydrogens is 288 g/mol. The number of alkyl halides is 1. The molecule has 0 N–H and O–H groups in total. The number of benzene rings is 1. The van der Waals surface area contributed by atoms with Crippen molar-refractivity contribution in [1.82, 2.24) is 0 Å². The number of rotatable bonds is 2. The molecule has 1 nitrogen and oxygen atoms in total. The van der Waals surface area contributed by atoms with Crippen molar-refractivity contribution in [2.45, 2.75) is 30.9 Å². The number of hydrogen-bond acceptors (Lipinski definition) is 2. The number of halogens is 3. The maximum Gasteiger partial charge on any atom is 0.149 e. The summed E-state index contributed by atoms with van der Waals surface area (Å²) in [6.45, 7) is 5.69. The molecule has 1 aliphatic heterocycles. The largest absolute Gasteiger partial charge is 0.366 e. The summed E-state index contributed by atoms with van der Waals surface area (Å²) in [6.07, 6.45) is 0.911. The monoisotopic (exact) mass is 305 g/mol. The third kappa shape index (κ3) is 3.54. The average Bonchev–Trinajstić information content (AvgIpc) is 2.50. The zero-order valence-electron chi connectivity index (χ0n) is 11.2. The van der Waals surface area contributed by atoms with Gasteiger partial charge in [-0.2, -0.15) is 11.8 Å². The molecule has 1 aromatic rings. The normalized spacial score (nSPS) is 19.3. The van der Waals surface area contributed by atoms with E-state index in [0.29, 0.717) is 18.7 Å². The van der Waals surface area contributed by atoms with Crippen LogP contribution in [-0.2, 0) is 5.88 Å². The highest BCUT2D eigenvalue weighted by Gasteiger charge is 2.26. The van der Waals surface area contributed by atoms with Gasteiger partial charge in [-0.1, -0.05) is 13.8 Å². The quantitative estimate of drug-likeness (QED) is 0.744. The van der Waals surface area contributed by atoms with Gasteiger partial charge in [0.25, 0.3) is 0 Å². The van der Waals surface area contributed by atoms with E-state index in [1.165, 1.54) is 12.1 Å². The molecule has 1 aromatic carbocycles. The SMILES string of the molecule is CC1(C)CCN(c2c(F)cc(CCl)cc2F)CCS1. The van der Waals surface area contributed by atoms with Crippen LogP contribution in [0.5, 0.6) is 0 Å². The lowest BCUT2D eigenvalue weighted by molar-refractivity contribution is 0.561. The summed E-state index contributed by atoms with van der Waals surface area (Å²) in [5.74, 6) is -0.0270. The molecule has 1 aliphatic rings. The van der Waals surface area contributed by atoms with Crippen LogP contribution in [0.1, 0.15) is 25.8 Å². The summed E-state index contributed by atoms with van der Waals surface area (Å²) in [5.41, 5.74) is 0.567. The van der Waals surface area contributed by atoms with E-state index in [1.807, 2.05) is 16.7 Å². The van der Waals surface area contributed by atoms with Crippen molar-refractivity contribution in [3.63, 3.8) is 0 Å². The fourth-order valence-corrected chi connectivity index (χ4v) is 3.50. The minimum atomic E-state index is -0.514. The molecule has 0 aromatic heterocycles. The number of anilines is 1. The maximum atomic E-state index is 14.1. The lowest BCUT2D eigenvalue weighted by Gasteiger charge is -2.25. The smallest absolute Gasteiger partial charge is 0.149 e. The molecule has 0 bridgehead atoms. The first-order valence-corrected chi connectivity index (χ1v) is 7.88. The van der Waals surface area contributed by atoms with Gasteiger partial charge in [0, 0.05) is 29.5 Å². The van der Waals surface area contributed by atoms with Gasteiger partial charge in [0.15, 0.2) is 0 Å². The summed E-state index contributed by atoms with van der Waals surface area (Å²) >= 11 is 7.47. The maximum absolute atomic E-state index is 14.1. The Hall–Kier alpha value is -0.480. The Morgan fingerprint density at radius 1 is 1.26 bits per heavy atom. The van der Waals surface area contributed by atoms with Crippen LogP contribution in [0, 0.1) is 11.6 Å². The van der Waals surface area contributed by atoms with Crippen molar-refractivity contribution in [1.29, 1.82) is 0 Å². The molecule has 0 atom stereocenters. The minimum Gasteiger partial charge on any atom is -0.366 e. The summed E-state index contributed by atoms with van der Waals surface area (Å²) < 4.78 is 28.3. The first-order valence-electron chi connectivity index (χ1n) is 6.36. The Morgan fingerprint density at radius 3 is 2.47 bits per heavy atom. The van der Waals surface area contributed by atoms with Gasteiger partial charge < -0.3 is 4.90 Å². The fourth-order valence-electron chi connectivity index (χ4n) is 2.24. The van der Waals surface area contributed by atoms with Gasteiger partial charge in [0.1, 0.15) is 17.3 Å². The first-order chi connectivity index (χ1) is 8.93. The van der Waals surface area contributed by atoms with E-state index in [-0.39, 0.29) is 16.3 Å². The Bertz CT molecular complexity index is 442. The third-order valence-corrected chi connectivity index (χ3v) is 5.07. The van der Waals surface area contributed by atoms with E-state index in [2.05, 4.69) is 13.8 Å². The predicted octanol–water partition coefficient (Wildman–Crippen LogP) is 4.43. The fraction of sp³-hybridized carbons (Fsp3) is 0.571. The lowest BCUT2D eigenvalue weighted by Crippen LogP contribution is -2.28. The van der Waals surface area contributed by atoms with Crippen LogP contribution in [-0.4, -0.2) is 23.6 Å². The molecule has 0 radical (unpaired) electrons. The van der Waals surface area contributed by atoms with Crippen LogP contribution in [0.15, 0.2) is 12.1 Å². The summed E-state index contributed by atoms with van der Waals surface area (Å²) in [7, 11) is 0. The molecule has 1 fully saturated rings. The molecule has 106 valence electrons. The molecule has 0 spiro atoms. The summed E-state index contributed by atoms with van der Waals surface area (Å²) in [5, 5.41) is 0. The molecule has 0 aliphatic carbocycles. The number of nitrogens with zero attached hydrogens (tertiary/aromatic N) is 1. The van der Waals surface area contributed by atoms with Gasteiger partial charge in [-0.3, -0.25) is 0 Å².